The highest BCUT2D eigenvalue weighted by Crippen LogP contribution is 2.36. The summed E-state index contributed by atoms with van der Waals surface area (Å²) in [5.74, 6) is 0.417. The second-order valence-corrected chi connectivity index (χ2v) is 7.86. The zero-order valence-corrected chi connectivity index (χ0v) is 18.1. The number of nitrogens with zero attached hydrogens (tertiary/aromatic N) is 4. The Morgan fingerprint density at radius 1 is 1.16 bits per heavy atom. The van der Waals surface area contributed by atoms with Gasteiger partial charge in [0.05, 0.1) is 24.6 Å². The van der Waals surface area contributed by atoms with Gasteiger partial charge in [-0.05, 0) is 56.0 Å². The van der Waals surface area contributed by atoms with Gasteiger partial charge in [0, 0.05) is 18.2 Å². The van der Waals surface area contributed by atoms with E-state index in [1.54, 1.807) is 16.7 Å². The monoisotopic (exact) mass is 416 g/mol. The van der Waals surface area contributed by atoms with Crippen molar-refractivity contribution in [3.05, 3.63) is 68.6 Å². The van der Waals surface area contributed by atoms with Crippen LogP contribution in [0, 0.1) is 32.1 Å². The highest BCUT2D eigenvalue weighted by atomic mass is 16.5. The van der Waals surface area contributed by atoms with Crippen LogP contribution in [0.2, 0.25) is 0 Å². The molecule has 0 bridgehead atoms. The van der Waals surface area contributed by atoms with Crippen molar-refractivity contribution in [2.75, 3.05) is 7.11 Å². The summed E-state index contributed by atoms with van der Waals surface area (Å²) >= 11 is 0. The van der Waals surface area contributed by atoms with Crippen molar-refractivity contribution in [1.29, 1.82) is 5.26 Å². The first-order valence-electron chi connectivity index (χ1n) is 10.1. The molecule has 0 unspecified atom stereocenters. The number of ether oxygens (including phenoxy) is 1. The SMILES string of the molecule is COc1cc2c(cc1O)-c1c/c(=N\c3c(C)cc(C)cc3C)n(CC#N)c(=O)n1CC2. The molecule has 0 saturated carbocycles. The summed E-state index contributed by atoms with van der Waals surface area (Å²) in [6.45, 7) is 6.38. The lowest BCUT2D eigenvalue weighted by molar-refractivity contribution is 0.372. The van der Waals surface area contributed by atoms with E-state index in [9.17, 15) is 15.2 Å². The lowest BCUT2D eigenvalue weighted by Crippen LogP contribution is -2.42. The number of aryl methyl sites for hydroxylation is 4. The lowest BCUT2D eigenvalue weighted by atomic mass is 9.97. The Bertz CT molecular complexity index is 1350. The zero-order chi connectivity index (χ0) is 22.3. The van der Waals surface area contributed by atoms with Gasteiger partial charge < -0.3 is 9.84 Å². The standard InChI is InChI=1S/C24H24N4O3/c1-14-9-15(2)23(16(3)10-14)26-22-13-19-18-12-20(29)21(31-4)11-17(18)5-7-27(19)24(30)28(22)8-6-25/h9-13,29H,5,7-8H2,1-4H3/b26-22+. The topological polar surface area (TPSA) is 92.5 Å². The predicted octanol–water partition coefficient (Wildman–Crippen LogP) is 3.27. The van der Waals surface area contributed by atoms with Gasteiger partial charge in [-0.15, -0.1) is 0 Å². The molecule has 31 heavy (non-hydrogen) atoms. The Balaban J connectivity index is 2.04. The number of hydrogen-bond acceptors (Lipinski definition) is 5. The third kappa shape index (κ3) is 3.50. The predicted molar refractivity (Wildman–Crippen MR) is 118 cm³/mol. The van der Waals surface area contributed by atoms with Crippen molar-refractivity contribution in [1.82, 2.24) is 9.13 Å². The highest BCUT2D eigenvalue weighted by Gasteiger charge is 2.22. The summed E-state index contributed by atoms with van der Waals surface area (Å²) in [4.78, 5) is 18.1. The molecule has 158 valence electrons. The fourth-order valence-electron chi connectivity index (χ4n) is 4.29. The number of benzene rings is 2. The maximum absolute atomic E-state index is 13.3. The Morgan fingerprint density at radius 2 is 1.87 bits per heavy atom. The number of aromatic hydroxyl groups is 1. The first-order valence-corrected chi connectivity index (χ1v) is 10.1. The number of phenolic OH excluding ortho intramolecular Hbond substituents is 1. The van der Waals surface area contributed by atoms with E-state index in [0.717, 1.165) is 33.5 Å². The van der Waals surface area contributed by atoms with E-state index in [1.807, 2.05) is 39.0 Å². The molecule has 0 fully saturated rings. The van der Waals surface area contributed by atoms with Crippen LogP contribution in [0.25, 0.3) is 11.3 Å². The van der Waals surface area contributed by atoms with Crippen LogP contribution in [-0.2, 0) is 19.5 Å². The van der Waals surface area contributed by atoms with E-state index in [1.165, 1.54) is 11.7 Å². The van der Waals surface area contributed by atoms with Gasteiger partial charge in [-0.25, -0.2) is 9.79 Å². The Hall–Kier alpha value is -3.79. The van der Waals surface area contributed by atoms with E-state index in [-0.39, 0.29) is 18.0 Å². The van der Waals surface area contributed by atoms with Gasteiger partial charge >= 0.3 is 5.69 Å². The van der Waals surface area contributed by atoms with Crippen molar-refractivity contribution >= 4 is 5.69 Å². The molecule has 0 amide bonds. The fourth-order valence-corrected chi connectivity index (χ4v) is 4.29. The van der Waals surface area contributed by atoms with E-state index in [2.05, 4.69) is 6.07 Å². The molecule has 7 heteroatoms. The molecule has 7 nitrogen and oxygen atoms in total. The molecular weight excluding hydrogens is 392 g/mol. The van der Waals surface area contributed by atoms with Crippen LogP contribution < -0.4 is 15.9 Å². The second-order valence-electron chi connectivity index (χ2n) is 7.86. The average molecular weight is 416 g/mol. The molecule has 1 N–H and O–H groups in total. The Kier molecular flexibility index (Phi) is 5.15. The summed E-state index contributed by atoms with van der Waals surface area (Å²) < 4.78 is 8.27. The minimum atomic E-state index is -0.291. The number of methoxy groups -OCH3 is 1. The first kappa shape index (κ1) is 20.5. The minimum absolute atomic E-state index is 0.0135. The Morgan fingerprint density at radius 3 is 2.52 bits per heavy atom. The zero-order valence-electron chi connectivity index (χ0n) is 18.1. The third-order valence-corrected chi connectivity index (χ3v) is 5.67. The van der Waals surface area contributed by atoms with Gasteiger partial charge in [0.25, 0.3) is 0 Å². The van der Waals surface area contributed by atoms with Gasteiger partial charge in [0.15, 0.2) is 11.5 Å². The first-order chi connectivity index (χ1) is 14.8. The van der Waals surface area contributed by atoms with Crippen LogP contribution in [-0.4, -0.2) is 21.4 Å². The molecule has 0 atom stereocenters. The van der Waals surface area contributed by atoms with Crippen molar-refractivity contribution in [3.8, 4) is 28.8 Å². The van der Waals surface area contributed by atoms with Crippen molar-refractivity contribution in [3.63, 3.8) is 0 Å². The number of aromatic nitrogens is 2. The fraction of sp³-hybridized carbons (Fsp3) is 0.292. The molecule has 1 aliphatic rings. The van der Waals surface area contributed by atoms with Gasteiger partial charge in [-0.3, -0.25) is 9.13 Å². The van der Waals surface area contributed by atoms with E-state index >= 15 is 0 Å². The smallest absolute Gasteiger partial charge is 0.331 e. The van der Waals surface area contributed by atoms with Crippen molar-refractivity contribution in [2.45, 2.75) is 40.3 Å². The second kappa shape index (κ2) is 7.80. The highest BCUT2D eigenvalue weighted by molar-refractivity contribution is 5.69. The van der Waals surface area contributed by atoms with E-state index in [4.69, 9.17) is 9.73 Å². The van der Waals surface area contributed by atoms with Crippen LogP contribution in [0.1, 0.15) is 22.3 Å². The third-order valence-electron chi connectivity index (χ3n) is 5.67. The van der Waals surface area contributed by atoms with E-state index in [0.29, 0.717) is 29.9 Å². The number of phenols is 1. The molecule has 3 aromatic rings. The molecule has 2 aromatic carbocycles. The number of hydrogen-bond donors (Lipinski definition) is 1. The number of fused-ring (bicyclic) bond motifs is 3. The largest absolute Gasteiger partial charge is 0.504 e. The summed E-state index contributed by atoms with van der Waals surface area (Å²) in [6, 6.07) is 11.4. The quantitative estimate of drug-likeness (QED) is 0.709. The molecule has 1 aromatic heterocycles. The summed E-state index contributed by atoms with van der Waals surface area (Å²) in [6.07, 6.45) is 0.623. The van der Waals surface area contributed by atoms with Crippen LogP contribution in [0.5, 0.6) is 11.5 Å². The van der Waals surface area contributed by atoms with Gasteiger partial charge in [0.1, 0.15) is 12.0 Å². The summed E-state index contributed by atoms with van der Waals surface area (Å²) in [5, 5.41) is 19.6. The molecule has 0 aliphatic carbocycles. The lowest BCUT2D eigenvalue weighted by Gasteiger charge is -2.23. The maximum atomic E-state index is 13.3. The van der Waals surface area contributed by atoms with Crippen LogP contribution >= 0.6 is 0 Å². The Labute approximate surface area is 180 Å². The molecule has 0 radical (unpaired) electrons. The van der Waals surface area contributed by atoms with Gasteiger partial charge in [-0.1, -0.05) is 17.7 Å². The van der Waals surface area contributed by atoms with Crippen LogP contribution in [0.15, 0.2) is 40.1 Å². The number of nitriles is 1. The van der Waals surface area contributed by atoms with Crippen molar-refractivity contribution in [2.24, 2.45) is 4.99 Å². The molecule has 0 saturated heterocycles. The maximum Gasteiger partial charge on any atom is 0.331 e. The number of rotatable bonds is 3. The van der Waals surface area contributed by atoms with Gasteiger partial charge in [0.2, 0.25) is 0 Å². The van der Waals surface area contributed by atoms with Crippen LogP contribution in [0.3, 0.4) is 0 Å². The van der Waals surface area contributed by atoms with Crippen LogP contribution in [0.4, 0.5) is 5.69 Å². The summed E-state index contributed by atoms with van der Waals surface area (Å²) in [7, 11) is 1.51. The molecule has 4 rings (SSSR count). The molecule has 2 heterocycles. The normalized spacial score (nSPS) is 12.8. The molecule has 0 spiro atoms. The summed E-state index contributed by atoms with van der Waals surface area (Å²) in [5.41, 5.74) is 6.47. The average Bonchev–Trinajstić information content (AvgIpc) is 2.72. The molecule has 1 aliphatic heterocycles. The van der Waals surface area contributed by atoms with Crippen molar-refractivity contribution < 1.29 is 9.84 Å². The van der Waals surface area contributed by atoms with Gasteiger partial charge in [-0.2, -0.15) is 5.26 Å². The minimum Gasteiger partial charge on any atom is -0.504 e. The molecular formula is C24H24N4O3. The van der Waals surface area contributed by atoms with E-state index < -0.39 is 0 Å².